The summed E-state index contributed by atoms with van der Waals surface area (Å²) in [6, 6.07) is 4.25. The summed E-state index contributed by atoms with van der Waals surface area (Å²) in [6.45, 7) is 9.97. The molecule has 5 rings (SSSR count). The zero-order chi connectivity index (χ0) is 23.8. The third-order valence-electron chi connectivity index (χ3n) is 7.27. The Hall–Kier alpha value is -2.97. The van der Waals surface area contributed by atoms with E-state index in [9.17, 15) is 14.0 Å². The Bertz CT molecular complexity index is 1140. The van der Waals surface area contributed by atoms with Gasteiger partial charge >= 0.3 is 0 Å². The predicted octanol–water partition coefficient (Wildman–Crippen LogP) is 3.45. The van der Waals surface area contributed by atoms with Gasteiger partial charge in [0.05, 0.1) is 24.4 Å². The number of aromatic amines is 1. The summed E-state index contributed by atoms with van der Waals surface area (Å²) in [4.78, 5) is 33.6. The highest BCUT2D eigenvalue weighted by molar-refractivity contribution is 6.34. The van der Waals surface area contributed by atoms with E-state index in [4.69, 9.17) is 4.74 Å². The molecule has 180 valence electrons. The molecule has 34 heavy (non-hydrogen) atoms. The number of benzene rings is 1. The van der Waals surface area contributed by atoms with Gasteiger partial charge in [-0.3, -0.25) is 14.5 Å². The van der Waals surface area contributed by atoms with Crippen molar-refractivity contribution in [1.82, 2.24) is 14.8 Å². The highest BCUT2D eigenvalue weighted by Crippen LogP contribution is 2.34. The molecule has 0 bridgehead atoms. The molecule has 0 atom stereocenters. The maximum atomic E-state index is 13.8. The van der Waals surface area contributed by atoms with Crippen LogP contribution in [0.15, 0.2) is 18.2 Å². The fourth-order valence-electron chi connectivity index (χ4n) is 5.31. The lowest BCUT2D eigenvalue weighted by molar-refractivity contribution is -0.110. The third kappa shape index (κ3) is 4.40. The van der Waals surface area contributed by atoms with Crippen LogP contribution in [-0.4, -0.2) is 72.5 Å². The Balaban J connectivity index is 1.30. The zero-order valence-corrected chi connectivity index (χ0v) is 19.7. The number of morpholine rings is 1. The first kappa shape index (κ1) is 22.8. The molecule has 8 heteroatoms. The summed E-state index contributed by atoms with van der Waals surface area (Å²) in [5.74, 6) is -0.0313. The Labute approximate surface area is 199 Å². The first-order valence-corrected chi connectivity index (χ1v) is 12.0. The fourth-order valence-corrected chi connectivity index (χ4v) is 5.31. The van der Waals surface area contributed by atoms with Crippen molar-refractivity contribution in [1.29, 1.82) is 0 Å². The topological polar surface area (TPSA) is 77.7 Å². The van der Waals surface area contributed by atoms with Crippen LogP contribution in [-0.2, 0) is 9.53 Å². The van der Waals surface area contributed by atoms with E-state index in [1.54, 1.807) is 12.1 Å². The van der Waals surface area contributed by atoms with E-state index >= 15 is 0 Å². The average molecular weight is 467 g/mol. The number of aryl methyl sites for hydroxylation is 1. The van der Waals surface area contributed by atoms with Crippen molar-refractivity contribution in [2.75, 3.05) is 51.3 Å². The zero-order valence-electron chi connectivity index (χ0n) is 19.7. The van der Waals surface area contributed by atoms with Crippen LogP contribution in [0.25, 0.3) is 11.6 Å². The van der Waals surface area contributed by atoms with Crippen LogP contribution in [0.3, 0.4) is 0 Å². The van der Waals surface area contributed by atoms with Gasteiger partial charge in [-0.25, -0.2) is 4.39 Å². The lowest BCUT2D eigenvalue weighted by Crippen LogP contribution is -2.44. The number of carbonyl (C=O) groups is 2. The summed E-state index contributed by atoms with van der Waals surface area (Å²) in [7, 11) is 0. The Morgan fingerprint density at radius 1 is 1.18 bits per heavy atom. The van der Waals surface area contributed by atoms with Crippen molar-refractivity contribution >= 4 is 29.2 Å². The molecule has 0 saturated carbocycles. The Kier molecular flexibility index (Phi) is 6.27. The molecule has 3 aliphatic rings. The van der Waals surface area contributed by atoms with Gasteiger partial charge in [-0.15, -0.1) is 0 Å². The number of ether oxygens (including phenoxy) is 1. The average Bonchev–Trinajstić information content (AvgIpc) is 3.29. The first-order valence-electron chi connectivity index (χ1n) is 12.0. The van der Waals surface area contributed by atoms with Gasteiger partial charge in [0.1, 0.15) is 5.82 Å². The van der Waals surface area contributed by atoms with Gasteiger partial charge in [-0.1, -0.05) is 0 Å². The molecule has 0 aliphatic carbocycles. The van der Waals surface area contributed by atoms with Crippen LogP contribution in [0.5, 0.6) is 0 Å². The van der Waals surface area contributed by atoms with Crippen LogP contribution in [0.1, 0.15) is 45.7 Å². The van der Waals surface area contributed by atoms with Gasteiger partial charge in [-0.2, -0.15) is 0 Å². The number of halogens is 1. The third-order valence-corrected chi connectivity index (χ3v) is 7.27. The second kappa shape index (κ2) is 9.35. The van der Waals surface area contributed by atoms with E-state index < -0.39 is 5.82 Å². The number of hydrogen-bond acceptors (Lipinski definition) is 4. The van der Waals surface area contributed by atoms with Gasteiger partial charge < -0.3 is 19.9 Å². The molecule has 1 aromatic carbocycles. The molecule has 4 heterocycles. The van der Waals surface area contributed by atoms with E-state index in [1.807, 2.05) is 18.7 Å². The fraction of sp³-hybridized carbons (Fsp3) is 0.462. The number of nitrogens with one attached hydrogen (secondary N) is 2. The van der Waals surface area contributed by atoms with E-state index in [0.717, 1.165) is 70.0 Å². The van der Waals surface area contributed by atoms with Crippen molar-refractivity contribution in [3.8, 4) is 0 Å². The first-order chi connectivity index (χ1) is 16.4. The number of likely N-dealkylation sites (tertiary alicyclic amines) is 1. The SMILES string of the molecule is Cc1[nH]c(/C=C2\C(=O)Nc3ccc(F)cc32)c(C)c1C(=O)N1CCC(CN2CCOCC2)CC1. The standard InChI is InChI=1S/C26H31FN4O3/c1-16-23(14-21-20-13-19(27)3-4-22(20)29-25(21)32)28-17(2)24(16)26(33)31-7-5-18(6-8-31)15-30-9-11-34-12-10-30/h3-4,13-14,18,28H,5-12,15H2,1-2H3,(H,29,32)/b21-14-. The molecular formula is C26H31FN4O3. The number of amides is 2. The Morgan fingerprint density at radius 2 is 1.91 bits per heavy atom. The summed E-state index contributed by atoms with van der Waals surface area (Å²) < 4.78 is 19.2. The molecule has 2 N–H and O–H groups in total. The lowest BCUT2D eigenvalue weighted by Gasteiger charge is -2.36. The van der Waals surface area contributed by atoms with Gasteiger partial charge in [-0.05, 0) is 62.4 Å². The molecule has 0 radical (unpaired) electrons. The lowest BCUT2D eigenvalue weighted by atomic mass is 9.95. The minimum absolute atomic E-state index is 0.0306. The molecule has 2 amide bonds. The van der Waals surface area contributed by atoms with Crippen molar-refractivity contribution in [3.05, 3.63) is 52.1 Å². The van der Waals surface area contributed by atoms with Crippen molar-refractivity contribution in [3.63, 3.8) is 0 Å². The van der Waals surface area contributed by atoms with Gasteiger partial charge in [0.25, 0.3) is 11.8 Å². The smallest absolute Gasteiger partial charge is 0.256 e. The maximum Gasteiger partial charge on any atom is 0.256 e. The number of piperidine rings is 1. The molecule has 7 nitrogen and oxygen atoms in total. The number of fused-ring (bicyclic) bond motifs is 1. The van der Waals surface area contributed by atoms with E-state index in [2.05, 4.69) is 15.2 Å². The normalized spacial score (nSPS) is 20.6. The Morgan fingerprint density at radius 3 is 2.65 bits per heavy atom. The number of hydrogen-bond donors (Lipinski definition) is 2. The molecule has 1 aromatic heterocycles. The van der Waals surface area contributed by atoms with Crippen LogP contribution in [0, 0.1) is 25.6 Å². The van der Waals surface area contributed by atoms with Gasteiger partial charge in [0, 0.05) is 55.4 Å². The number of nitrogens with zero attached hydrogens (tertiary/aromatic N) is 2. The number of rotatable bonds is 4. The number of aromatic nitrogens is 1. The van der Waals surface area contributed by atoms with Crippen molar-refractivity contribution in [2.24, 2.45) is 5.92 Å². The van der Waals surface area contributed by atoms with Gasteiger partial charge in [0.15, 0.2) is 0 Å². The van der Waals surface area contributed by atoms with E-state index in [0.29, 0.717) is 34.0 Å². The van der Waals surface area contributed by atoms with Crippen molar-refractivity contribution in [2.45, 2.75) is 26.7 Å². The highest BCUT2D eigenvalue weighted by Gasteiger charge is 2.29. The minimum Gasteiger partial charge on any atom is -0.379 e. The van der Waals surface area contributed by atoms with Gasteiger partial charge in [0.2, 0.25) is 0 Å². The van der Waals surface area contributed by atoms with Crippen LogP contribution in [0.4, 0.5) is 10.1 Å². The summed E-state index contributed by atoms with van der Waals surface area (Å²) in [5.41, 5.74) is 4.47. The molecule has 2 fully saturated rings. The molecule has 0 spiro atoms. The monoisotopic (exact) mass is 466 g/mol. The molecule has 3 aliphatic heterocycles. The second-order valence-corrected chi connectivity index (χ2v) is 9.51. The maximum absolute atomic E-state index is 13.8. The van der Waals surface area contributed by atoms with Crippen molar-refractivity contribution < 1.29 is 18.7 Å². The number of H-pyrrole nitrogens is 1. The highest BCUT2D eigenvalue weighted by atomic mass is 19.1. The molecule has 2 aromatic rings. The number of anilines is 1. The quantitative estimate of drug-likeness (QED) is 0.677. The van der Waals surface area contributed by atoms with Crippen LogP contribution in [0.2, 0.25) is 0 Å². The van der Waals surface area contributed by atoms with E-state index in [-0.39, 0.29) is 11.8 Å². The molecular weight excluding hydrogens is 435 g/mol. The van der Waals surface area contributed by atoms with E-state index in [1.165, 1.54) is 12.1 Å². The van der Waals surface area contributed by atoms with Crippen LogP contribution < -0.4 is 5.32 Å². The molecule has 0 unspecified atom stereocenters. The summed E-state index contributed by atoms with van der Waals surface area (Å²) in [5, 5.41) is 2.77. The summed E-state index contributed by atoms with van der Waals surface area (Å²) in [6.07, 6.45) is 3.73. The second-order valence-electron chi connectivity index (χ2n) is 9.51. The molecule has 2 saturated heterocycles. The minimum atomic E-state index is -0.395. The summed E-state index contributed by atoms with van der Waals surface area (Å²) >= 11 is 0. The predicted molar refractivity (Wildman–Crippen MR) is 129 cm³/mol. The van der Waals surface area contributed by atoms with Crippen LogP contribution >= 0.6 is 0 Å². The largest absolute Gasteiger partial charge is 0.379 e. The number of carbonyl (C=O) groups excluding carboxylic acids is 2.